The first kappa shape index (κ1) is 13.2. The average Bonchev–Trinajstić information content (AvgIpc) is 2.67. The molecule has 0 fully saturated rings. The zero-order chi connectivity index (χ0) is 12.2. The second-order valence-electron chi connectivity index (χ2n) is 4.96. The summed E-state index contributed by atoms with van der Waals surface area (Å²) in [7, 11) is 0. The largest absolute Gasteiger partial charge is 0.395 e. The van der Waals surface area contributed by atoms with Gasteiger partial charge in [0.2, 0.25) is 0 Å². The fraction of sp³-hybridized carbons (Fsp3) is 0.727. The molecule has 0 radical (unpaired) electrons. The maximum Gasteiger partial charge on any atom is 0.0607 e. The van der Waals surface area contributed by atoms with E-state index in [4.69, 9.17) is 10.2 Å². The van der Waals surface area contributed by atoms with Gasteiger partial charge in [-0.25, -0.2) is 0 Å². The van der Waals surface area contributed by atoms with Crippen LogP contribution in [0.25, 0.3) is 0 Å². The first-order valence-electron chi connectivity index (χ1n) is 5.47. The van der Waals surface area contributed by atoms with Gasteiger partial charge in [-0.1, -0.05) is 20.8 Å². The number of hydrogen-bond acceptors (Lipinski definition) is 4. The summed E-state index contributed by atoms with van der Waals surface area (Å²) in [5.74, 6) is 0. The highest BCUT2D eigenvalue weighted by Gasteiger charge is 2.20. The normalized spacial score (nSPS) is 12.4. The molecule has 5 nitrogen and oxygen atoms in total. The third-order valence-electron chi connectivity index (χ3n) is 2.49. The Labute approximate surface area is 95.9 Å². The smallest absolute Gasteiger partial charge is 0.0607 e. The molecule has 4 N–H and O–H groups in total. The molecule has 1 aromatic heterocycles. The average molecular weight is 227 g/mol. The standard InChI is InChI=1S/C11H21N3O2/c1-11(2,3)10-8(5-13-14-10)4-12-9(6-15)7-16/h5,9,12,15-16H,4,6-7H2,1-3H3,(H,13,14). The number of H-pyrrole nitrogens is 1. The van der Waals surface area contributed by atoms with Crippen molar-refractivity contribution in [1.82, 2.24) is 15.5 Å². The number of nitrogens with one attached hydrogen (secondary N) is 2. The van der Waals surface area contributed by atoms with E-state index in [1.54, 1.807) is 6.20 Å². The summed E-state index contributed by atoms with van der Waals surface area (Å²) >= 11 is 0. The molecule has 1 aromatic rings. The first-order valence-corrected chi connectivity index (χ1v) is 5.47. The Morgan fingerprint density at radius 1 is 1.38 bits per heavy atom. The predicted molar refractivity (Wildman–Crippen MR) is 62.1 cm³/mol. The number of aliphatic hydroxyl groups excluding tert-OH is 2. The Bertz CT molecular complexity index is 313. The van der Waals surface area contributed by atoms with Crippen molar-refractivity contribution in [1.29, 1.82) is 0 Å². The van der Waals surface area contributed by atoms with Gasteiger partial charge < -0.3 is 15.5 Å². The summed E-state index contributed by atoms with van der Waals surface area (Å²) in [6.45, 7) is 6.78. The van der Waals surface area contributed by atoms with E-state index < -0.39 is 0 Å². The third-order valence-corrected chi connectivity index (χ3v) is 2.49. The van der Waals surface area contributed by atoms with E-state index in [9.17, 15) is 0 Å². The van der Waals surface area contributed by atoms with Crippen LogP contribution >= 0.6 is 0 Å². The van der Waals surface area contributed by atoms with Gasteiger partial charge in [0.1, 0.15) is 0 Å². The lowest BCUT2D eigenvalue weighted by molar-refractivity contribution is 0.170. The molecule has 0 aliphatic heterocycles. The summed E-state index contributed by atoms with van der Waals surface area (Å²) in [4.78, 5) is 0. The van der Waals surface area contributed by atoms with E-state index in [0.717, 1.165) is 11.3 Å². The topological polar surface area (TPSA) is 81.2 Å². The quantitative estimate of drug-likeness (QED) is 0.577. The Kier molecular flexibility index (Phi) is 4.46. The Hall–Kier alpha value is -0.910. The molecular formula is C11H21N3O2. The molecule has 0 aliphatic carbocycles. The second kappa shape index (κ2) is 5.43. The van der Waals surface area contributed by atoms with Crippen LogP contribution in [0.2, 0.25) is 0 Å². The minimum Gasteiger partial charge on any atom is -0.395 e. The van der Waals surface area contributed by atoms with Crippen LogP contribution in [0, 0.1) is 0 Å². The van der Waals surface area contributed by atoms with Crippen molar-refractivity contribution in [2.45, 2.75) is 38.8 Å². The summed E-state index contributed by atoms with van der Waals surface area (Å²) in [5, 5.41) is 28.0. The van der Waals surface area contributed by atoms with Gasteiger partial charge in [0.05, 0.1) is 25.5 Å². The molecule has 5 heteroatoms. The van der Waals surface area contributed by atoms with Gasteiger partial charge in [0.15, 0.2) is 0 Å². The lowest BCUT2D eigenvalue weighted by atomic mass is 9.89. The van der Waals surface area contributed by atoms with E-state index in [1.165, 1.54) is 0 Å². The van der Waals surface area contributed by atoms with Crippen molar-refractivity contribution in [2.75, 3.05) is 13.2 Å². The summed E-state index contributed by atoms with van der Waals surface area (Å²) in [6, 6.07) is -0.275. The van der Waals surface area contributed by atoms with Crippen LogP contribution < -0.4 is 5.32 Å². The minimum absolute atomic E-state index is 0.0153. The van der Waals surface area contributed by atoms with Crippen LogP contribution in [0.3, 0.4) is 0 Å². The van der Waals surface area contributed by atoms with Gasteiger partial charge in [-0.05, 0) is 0 Å². The molecule has 0 amide bonds. The highest BCUT2D eigenvalue weighted by atomic mass is 16.3. The molecular weight excluding hydrogens is 206 g/mol. The SMILES string of the molecule is CC(C)(C)c1[nH]ncc1CNC(CO)CO. The molecule has 1 rings (SSSR count). The number of rotatable bonds is 5. The minimum atomic E-state index is -0.275. The number of aromatic amines is 1. The molecule has 92 valence electrons. The van der Waals surface area contributed by atoms with E-state index >= 15 is 0 Å². The molecule has 1 heterocycles. The van der Waals surface area contributed by atoms with Crippen LogP contribution in [0.1, 0.15) is 32.0 Å². The fourth-order valence-electron chi connectivity index (χ4n) is 1.54. The van der Waals surface area contributed by atoms with Gasteiger partial charge in [0.25, 0.3) is 0 Å². The highest BCUT2D eigenvalue weighted by Crippen LogP contribution is 2.23. The van der Waals surface area contributed by atoms with Crippen molar-refractivity contribution < 1.29 is 10.2 Å². The second-order valence-corrected chi connectivity index (χ2v) is 4.96. The maximum atomic E-state index is 8.94. The van der Waals surface area contributed by atoms with Gasteiger partial charge in [-0.2, -0.15) is 5.10 Å². The number of hydrogen-bond donors (Lipinski definition) is 4. The Morgan fingerprint density at radius 2 is 2.00 bits per heavy atom. The number of aromatic nitrogens is 2. The molecule has 0 aliphatic rings. The molecule has 0 saturated heterocycles. The monoisotopic (exact) mass is 227 g/mol. The maximum absolute atomic E-state index is 8.94. The van der Waals surface area contributed by atoms with Crippen molar-refractivity contribution in [3.63, 3.8) is 0 Å². The van der Waals surface area contributed by atoms with E-state index in [-0.39, 0.29) is 24.7 Å². The van der Waals surface area contributed by atoms with E-state index in [2.05, 4.69) is 36.3 Å². The fourth-order valence-corrected chi connectivity index (χ4v) is 1.54. The zero-order valence-electron chi connectivity index (χ0n) is 10.1. The van der Waals surface area contributed by atoms with E-state index in [0.29, 0.717) is 6.54 Å². The number of aliphatic hydroxyl groups is 2. The third kappa shape index (κ3) is 3.30. The van der Waals surface area contributed by atoms with Crippen LogP contribution in [-0.2, 0) is 12.0 Å². The van der Waals surface area contributed by atoms with Crippen LogP contribution in [0.5, 0.6) is 0 Å². The first-order chi connectivity index (χ1) is 7.49. The van der Waals surface area contributed by atoms with Gasteiger partial charge >= 0.3 is 0 Å². The van der Waals surface area contributed by atoms with Crippen LogP contribution in [0.4, 0.5) is 0 Å². The number of nitrogens with zero attached hydrogens (tertiary/aromatic N) is 1. The van der Waals surface area contributed by atoms with Gasteiger partial charge in [-0.3, -0.25) is 5.10 Å². The van der Waals surface area contributed by atoms with Gasteiger partial charge in [0, 0.05) is 23.2 Å². The highest BCUT2D eigenvalue weighted by molar-refractivity contribution is 5.23. The molecule has 0 bridgehead atoms. The van der Waals surface area contributed by atoms with Crippen LogP contribution in [0.15, 0.2) is 6.20 Å². The summed E-state index contributed by atoms with van der Waals surface area (Å²) in [6.07, 6.45) is 1.78. The Balaban J connectivity index is 2.64. The van der Waals surface area contributed by atoms with Crippen molar-refractivity contribution in [3.8, 4) is 0 Å². The molecule has 16 heavy (non-hydrogen) atoms. The zero-order valence-corrected chi connectivity index (χ0v) is 10.1. The molecule has 0 atom stereocenters. The van der Waals surface area contributed by atoms with Crippen molar-refractivity contribution in [2.24, 2.45) is 0 Å². The lowest BCUT2D eigenvalue weighted by Crippen LogP contribution is -2.35. The molecule has 0 saturated carbocycles. The molecule has 0 spiro atoms. The Morgan fingerprint density at radius 3 is 2.50 bits per heavy atom. The van der Waals surface area contributed by atoms with Crippen molar-refractivity contribution in [3.05, 3.63) is 17.5 Å². The lowest BCUT2D eigenvalue weighted by Gasteiger charge is -2.19. The van der Waals surface area contributed by atoms with E-state index in [1.807, 2.05) is 0 Å². The van der Waals surface area contributed by atoms with Gasteiger partial charge in [-0.15, -0.1) is 0 Å². The molecule has 0 unspecified atom stereocenters. The van der Waals surface area contributed by atoms with Crippen LogP contribution in [-0.4, -0.2) is 39.7 Å². The summed E-state index contributed by atoms with van der Waals surface area (Å²) in [5.41, 5.74) is 2.16. The van der Waals surface area contributed by atoms with Crippen molar-refractivity contribution >= 4 is 0 Å². The predicted octanol–water partition coefficient (Wildman–Crippen LogP) is 0.150. The molecule has 0 aromatic carbocycles. The summed E-state index contributed by atoms with van der Waals surface area (Å²) < 4.78 is 0.